The number of aromatic nitrogens is 4. The number of nitrogens with one attached hydrogen (secondary N) is 2. The predicted molar refractivity (Wildman–Crippen MR) is 132 cm³/mol. The molecule has 2 aromatic carbocycles. The van der Waals surface area contributed by atoms with Crippen molar-refractivity contribution in [2.75, 3.05) is 36.7 Å². The number of ether oxygens (including phenoxy) is 2. The van der Waals surface area contributed by atoms with Gasteiger partial charge in [0.2, 0.25) is 11.9 Å². The number of nitrogens with zero attached hydrogens (tertiary/aromatic N) is 4. The number of hydrogen-bond donors (Lipinski definition) is 3. The fourth-order valence-corrected chi connectivity index (χ4v) is 3.24. The Bertz CT molecular complexity index is 1320. The minimum atomic E-state index is -0.205. The lowest BCUT2D eigenvalue weighted by Gasteiger charge is -2.10. The SMILES string of the molecule is CC=CC(=O)Nc1cccc(-n2cnc3c(N)nc(Nc4ccc(OCCOC)cc4)nc32)c1. The van der Waals surface area contributed by atoms with Crippen molar-refractivity contribution < 1.29 is 14.3 Å². The number of fused-ring (bicyclic) bond motifs is 1. The molecule has 4 rings (SSSR count). The quantitative estimate of drug-likeness (QED) is 0.255. The number of carbonyl (C=O) groups is 1. The number of nitrogens with two attached hydrogens (primary N) is 1. The summed E-state index contributed by atoms with van der Waals surface area (Å²) in [5.74, 6) is 1.11. The lowest BCUT2D eigenvalue weighted by Crippen LogP contribution is -2.08. The molecule has 2 aromatic heterocycles. The van der Waals surface area contributed by atoms with Gasteiger partial charge >= 0.3 is 0 Å². The number of carbonyl (C=O) groups excluding carboxylic acids is 1. The van der Waals surface area contributed by atoms with E-state index in [1.165, 1.54) is 6.08 Å². The predicted octanol–water partition coefficient (Wildman–Crippen LogP) is 3.68. The molecule has 0 aliphatic carbocycles. The van der Waals surface area contributed by atoms with Crippen molar-refractivity contribution in [3.63, 3.8) is 0 Å². The first kappa shape index (κ1) is 22.7. The summed E-state index contributed by atoms with van der Waals surface area (Å²) >= 11 is 0. The molecule has 0 unspecified atom stereocenters. The standard InChI is InChI=1S/C24H25N7O3/c1-3-5-20(32)27-17-6-4-7-18(14-17)31-15-26-21-22(25)29-24(30-23(21)31)28-16-8-10-19(11-9-16)34-13-12-33-2/h3-11,14-15H,12-13H2,1-2H3,(H,27,32)(H3,25,28,29,30). The van der Waals surface area contributed by atoms with Gasteiger partial charge in [0, 0.05) is 18.5 Å². The molecule has 0 atom stereocenters. The highest BCUT2D eigenvalue weighted by Gasteiger charge is 2.13. The van der Waals surface area contributed by atoms with Crippen molar-refractivity contribution in [1.29, 1.82) is 0 Å². The van der Waals surface area contributed by atoms with Crippen molar-refractivity contribution >= 4 is 40.2 Å². The minimum Gasteiger partial charge on any atom is -0.491 e. The molecule has 0 radical (unpaired) electrons. The van der Waals surface area contributed by atoms with Gasteiger partial charge in [0.05, 0.1) is 12.3 Å². The maximum absolute atomic E-state index is 11.9. The number of methoxy groups -OCH3 is 1. The van der Waals surface area contributed by atoms with Gasteiger partial charge in [-0.15, -0.1) is 0 Å². The maximum Gasteiger partial charge on any atom is 0.248 e. The van der Waals surface area contributed by atoms with Crippen LogP contribution in [0.2, 0.25) is 0 Å². The molecular formula is C24H25N7O3. The molecule has 2 heterocycles. The molecule has 1 amide bonds. The number of benzene rings is 2. The number of anilines is 4. The Hall–Kier alpha value is -4.44. The van der Waals surface area contributed by atoms with E-state index < -0.39 is 0 Å². The molecule has 4 N–H and O–H groups in total. The number of allylic oxidation sites excluding steroid dienone is 1. The molecule has 0 saturated heterocycles. The summed E-state index contributed by atoms with van der Waals surface area (Å²) in [6.07, 6.45) is 4.76. The summed E-state index contributed by atoms with van der Waals surface area (Å²) in [6, 6.07) is 14.8. The average Bonchev–Trinajstić information content (AvgIpc) is 3.25. The zero-order valence-corrected chi connectivity index (χ0v) is 18.9. The van der Waals surface area contributed by atoms with Crippen LogP contribution in [0.15, 0.2) is 67.0 Å². The van der Waals surface area contributed by atoms with E-state index in [2.05, 4.69) is 25.6 Å². The van der Waals surface area contributed by atoms with Crippen molar-refractivity contribution in [3.8, 4) is 11.4 Å². The molecule has 34 heavy (non-hydrogen) atoms. The fraction of sp³-hybridized carbons (Fsp3) is 0.167. The van der Waals surface area contributed by atoms with Gasteiger partial charge in [0.15, 0.2) is 17.0 Å². The number of imidazole rings is 1. The first-order chi connectivity index (χ1) is 16.6. The zero-order chi connectivity index (χ0) is 23.9. The third kappa shape index (κ3) is 5.30. The molecule has 0 aliphatic rings. The summed E-state index contributed by atoms with van der Waals surface area (Å²) in [5.41, 5.74) is 9.37. The smallest absolute Gasteiger partial charge is 0.248 e. The normalized spacial score (nSPS) is 11.1. The van der Waals surface area contributed by atoms with Crippen molar-refractivity contribution in [3.05, 3.63) is 67.0 Å². The van der Waals surface area contributed by atoms with Crippen LogP contribution < -0.4 is 21.1 Å². The van der Waals surface area contributed by atoms with Crippen molar-refractivity contribution in [2.24, 2.45) is 0 Å². The average molecular weight is 460 g/mol. The highest BCUT2D eigenvalue weighted by Crippen LogP contribution is 2.25. The van der Waals surface area contributed by atoms with Gasteiger partial charge < -0.3 is 25.8 Å². The van der Waals surface area contributed by atoms with Crippen molar-refractivity contribution in [2.45, 2.75) is 6.92 Å². The topological polar surface area (TPSA) is 129 Å². The van der Waals surface area contributed by atoms with Gasteiger partial charge in [-0.25, -0.2) is 4.98 Å². The molecular weight excluding hydrogens is 434 g/mol. The van der Waals surface area contributed by atoms with Gasteiger partial charge in [-0.1, -0.05) is 12.1 Å². The van der Waals surface area contributed by atoms with Crippen LogP contribution >= 0.6 is 0 Å². The van der Waals surface area contributed by atoms with Gasteiger partial charge in [0.25, 0.3) is 0 Å². The number of rotatable bonds is 9. The van der Waals surface area contributed by atoms with E-state index in [9.17, 15) is 4.79 Å². The van der Waals surface area contributed by atoms with Crippen LogP contribution in [0.4, 0.5) is 23.1 Å². The Morgan fingerprint density at radius 3 is 2.71 bits per heavy atom. The van der Waals surface area contributed by atoms with Crippen LogP contribution in [-0.2, 0) is 9.53 Å². The Morgan fingerprint density at radius 1 is 1.12 bits per heavy atom. The van der Waals surface area contributed by atoms with Crippen molar-refractivity contribution in [1.82, 2.24) is 19.5 Å². The fourth-order valence-electron chi connectivity index (χ4n) is 3.24. The number of nitrogen functional groups attached to an aromatic ring is 1. The summed E-state index contributed by atoms with van der Waals surface area (Å²) in [4.78, 5) is 25.2. The Morgan fingerprint density at radius 2 is 1.94 bits per heavy atom. The van der Waals surface area contributed by atoms with E-state index in [1.54, 1.807) is 31.0 Å². The molecule has 0 saturated carbocycles. The number of hydrogen-bond acceptors (Lipinski definition) is 8. The zero-order valence-electron chi connectivity index (χ0n) is 18.9. The summed E-state index contributed by atoms with van der Waals surface area (Å²) < 4.78 is 12.4. The molecule has 0 bridgehead atoms. The lowest BCUT2D eigenvalue weighted by molar-refractivity contribution is -0.111. The summed E-state index contributed by atoms with van der Waals surface area (Å²) in [7, 11) is 1.63. The van der Waals surface area contributed by atoms with Crippen LogP contribution in [-0.4, -0.2) is 45.7 Å². The van der Waals surface area contributed by atoms with Crippen LogP contribution in [0.1, 0.15) is 6.92 Å². The second-order valence-electron chi connectivity index (χ2n) is 7.25. The van der Waals surface area contributed by atoms with Gasteiger partial charge in [-0.05, 0) is 55.5 Å². The first-order valence-corrected chi connectivity index (χ1v) is 10.6. The number of amides is 1. The molecule has 0 spiro atoms. The lowest BCUT2D eigenvalue weighted by atomic mass is 10.2. The molecule has 4 aromatic rings. The summed E-state index contributed by atoms with van der Waals surface area (Å²) in [6.45, 7) is 2.78. The van der Waals surface area contributed by atoms with E-state index in [0.717, 1.165) is 17.1 Å². The third-order valence-electron chi connectivity index (χ3n) is 4.80. The van der Waals surface area contributed by atoms with Gasteiger partial charge in [-0.3, -0.25) is 9.36 Å². The van der Waals surface area contributed by atoms with Crippen LogP contribution in [0, 0.1) is 0 Å². The largest absolute Gasteiger partial charge is 0.491 e. The van der Waals surface area contributed by atoms with E-state index in [1.807, 2.05) is 48.5 Å². The highest BCUT2D eigenvalue weighted by molar-refractivity contribution is 5.99. The molecule has 0 fully saturated rings. The van der Waals surface area contributed by atoms with Crippen LogP contribution in [0.25, 0.3) is 16.9 Å². The molecule has 10 heteroatoms. The molecule has 174 valence electrons. The van der Waals surface area contributed by atoms with E-state index in [-0.39, 0.29) is 11.7 Å². The molecule has 0 aliphatic heterocycles. The van der Waals surface area contributed by atoms with E-state index in [4.69, 9.17) is 15.2 Å². The van der Waals surface area contributed by atoms with Gasteiger partial charge in [0.1, 0.15) is 18.7 Å². The third-order valence-corrected chi connectivity index (χ3v) is 4.80. The second-order valence-corrected chi connectivity index (χ2v) is 7.25. The summed E-state index contributed by atoms with van der Waals surface area (Å²) in [5, 5.41) is 5.99. The second kappa shape index (κ2) is 10.5. The minimum absolute atomic E-state index is 0.205. The van der Waals surface area contributed by atoms with Crippen LogP contribution in [0.3, 0.4) is 0 Å². The van der Waals surface area contributed by atoms with E-state index in [0.29, 0.717) is 36.0 Å². The molecule has 10 nitrogen and oxygen atoms in total. The van der Waals surface area contributed by atoms with E-state index >= 15 is 0 Å². The Kier molecular flexibility index (Phi) is 6.99. The highest BCUT2D eigenvalue weighted by atomic mass is 16.5. The monoisotopic (exact) mass is 459 g/mol. The first-order valence-electron chi connectivity index (χ1n) is 10.6. The maximum atomic E-state index is 11.9. The Labute approximate surface area is 196 Å². The Balaban J connectivity index is 1.59. The van der Waals surface area contributed by atoms with Crippen LogP contribution in [0.5, 0.6) is 5.75 Å². The van der Waals surface area contributed by atoms with Gasteiger partial charge in [-0.2, -0.15) is 9.97 Å².